The lowest BCUT2D eigenvalue weighted by molar-refractivity contribution is -0.384. The molecular formula is C26H25N3O4S. The Bertz CT molecular complexity index is 1410. The zero-order valence-electron chi connectivity index (χ0n) is 18.9. The van der Waals surface area contributed by atoms with Crippen LogP contribution >= 0.6 is 0 Å². The van der Waals surface area contributed by atoms with Crippen LogP contribution in [-0.4, -0.2) is 13.3 Å². The van der Waals surface area contributed by atoms with Gasteiger partial charge in [-0.1, -0.05) is 30.4 Å². The molecule has 3 aromatic rings. The minimum Gasteiger partial charge on any atom is -0.378 e. The molecule has 5 rings (SSSR count). The van der Waals surface area contributed by atoms with Crippen molar-refractivity contribution < 1.29 is 13.3 Å². The van der Waals surface area contributed by atoms with Crippen LogP contribution in [0.4, 0.5) is 17.1 Å². The summed E-state index contributed by atoms with van der Waals surface area (Å²) in [5.74, 6) is 0.164. The number of allylic oxidation sites excluding steroid dienone is 2. The Morgan fingerprint density at radius 1 is 1.03 bits per heavy atom. The maximum absolute atomic E-state index is 13.2. The van der Waals surface area contributed by atoms with Crippen LogP contribution in [0.2, 0.25) is 0 Å². The normalized spacial score (nSPS) is 20.8. The van der Waals surface area contributed by atoms with E-state index >= 15 is 0 Å². The summed E-state index contributed by atoms with van der Waals surface area (Å²) in [4.78, 5) is 11.1. The van der Waals surface area contributed by atoms with Crippen LogP contribution in [0.25, 0.3) is 0 Å². The van der Waals surface area contributed by atoms with Crippen molar-refractivity contribution in [1.82, 2.24) is 0 Å². The third kappa shape index (κ3) is 4.05. The van der Waals surface area contributed by atoms with Gasteiger partial charge in [-0.15, -0.1) is 0 Å². The van der Waals surface area contributed by atoms with Crippen molar-refractivity contribution in [1.29, 1.82) is 0 Å². The van der Waals surface area contributed by atoms with E-state index in [0.29, 0.717) is 5.69 Å². The van der Waals surface area contributed by atoms with E-state index in [2.05, 4.69) is 22.2 Å². The molecule has 2 aliphatic rings. The zero-order chi connectivity index (χ0) is 24.0. The van der Waals surface area contributed by atoms with E-state index in [1.807, 2.05) is 38.1 Å². The van der Waals surface area contributed by atoms with Gasteiger partial charge in [-0.2, -0.15) is 0 Å². The van der Waals surface area contributed by atoms with Crippen molar-refractivity contribution in [3.63, 3.8) is 0 Å². The van der Waals surface area contributed by atoms with Crippen LogP contribution in [-0.2, 0) is 10.0 Å². The van der Waals surface area contributed by atoms with Crippen molar-refractivity contribution in [2.75, 3.05) is 10.0 Å². The third-order valence-corrected chi connectivity index (χ3v) is 7.94. The maximum Gasteiger partial charge on any atom is 0.269 e. The Labute approximate surface area is 198 Å². The molecule has 3 aromatic carbocycles. The molecule has 0 unspecified atom stereocenters. The first-order chi connectivity index (χ1) is 16.2. The topological polar surface area (TPSA) is 101 Å². The Morgan fingerprint density at radius 2 is 1.79 bits per heavy atom. The summed E-state index contributed by atoms with van der Waals surface area (Å²) < 4.78 is 29.1. The number of nitrogens with one attached hydrogen (secondary N) is 2. The highest BCUT2D eigenvalue weighted by Crippen LogP contribution is 2.50. The first kappa shape index (κ1) is 22.2. The molecule has 0 radical (unpaired) electrons. The molecule has 7 nitrogen and oxygen atoms in total. The fourth-order valence-electron chi connectivity index (χ4n) is 5.15. The molecule has 0 amide bonds. The largest absolute Gasteiger partial charge is 0.378 e. The molecule has 0 fully saturated rings. The van der Waals surface area contributed by atoms with Gasteiger partial charge < -0.3 is 5.32 Å². The molecule has 2 N–H and O–H groups in total. The van der Waals surface area contributed by atoms with E-state index in [1.54, 1.807) is 30.3 Å². The number of nitrogens with zero attached hydrogens (tertiary/aromatic N) is 1. The highest BCUT2D eigenvalue weighted by molar-refractivity contribution is 7.92. The highest BCUT2D eigenvalue weighted by Gasteiger charge is 2.38. The molecular weight excluding hydrogens is 450 g/mol. The standard InChI is InChI=1S/C26H25N3O4S/c1-16-11-17(2)13-19(12-16)28-34(32,33)21-9-10-25-24(15-21)22-7-4-8-23(22)26(27-25)18-5-3-6-20(14-18)29(30)31/h3-7,9-15,22-23,26-28H,8H2,1-2H3/t22-,23+,26+/m0/s1. The van der Waals surface area contributed by atoms with E-state index in [1.165, 1.54) is 6.07 Å². The van der Waals surface area contributed by atoms with Gasteiger partial charge in [0.05, 0.1) is 15.9 Å². The zero-order valence-corrected chi connectivity index (χ0v) is 19.7. The molecule has 0 spiro atoms. The molecule has 0 saturated heterocycles. The lowest BCUT2D eigenvalue weighted by atomic mass is 9.77. The van der Waals surface area contributed by atoms with Gasteiger partial charge in [-0.25, -0.2) is 8.42 Å². The van der Waals surface area contributed by atoms with Gasteiger partial charge in [0.2, 0.25) is 0 Å². The van der Waals surface area contributed by atoms with E-state index in [9.17, 15) is 18.5 Å². The molecule has 0 saturated carbocycles. The van der Waals surface area contributed by atoms with E-state index < -0.39 is 10.0 Å². The fraction of sp³-hybridized carbons (Fsp3) is 0.231. The number of fused-ring (bicyclic) bond motifs is 3. The van der Waals surface area contributed by atoms with Crippen molar-refractivity contribution in [3.8, 4) is 0 Å². The van der Waals surface area contributed by atoms with Crippen molar-refractivity contribution in [2.45, 2.75) is 37.1 Å². The van der Waals surface area contributed by atoms with Gasteiger partial charge in [-0.05, 0) is 78.8 Å². The number of non-ortho nitro benzene ring substituents is 1. The number of rotatable bonds is 5. The molecule has 1 heterocycles. The smallest absolute Gasteiger partial charge is 0.269 e. The minimum atomic E-state index is -3.77. The molecule has 174 valence electrons. The Balaban J connectivity index is 1.49. The second-order valence-corrected chi connectivity index (χ2v) is 10.7. The monoisotopic (exact) mass is 475 g/mol. The van der Waals surface area contributed by atoms with Crippen LogP contribution in [0.15, 0.2) is 77.7 Å². The van der Waals surface area contributed by atoms with Gasteiger partial charge >= 0.3 is 0 Å². The maximum atomic E-state index is 13.2. The van der Waals surface area contributed by atoms with Crippen LogP contribution in [0.5, 0.6) is 0 Å². The summed E-state index contributed by atoms with van der Waals surface area (Å²) in [7, 11) is -3.77. The molecule has 34 heavy (non-hydrogen) atoms. The van der Waals surface area contributed by atoms with Crippen LogP contribution < -0.4 is 10.0 Å². The second-order valence-electron chi connectivity index (χ2n) is 9.06. The average Bonchev–Trinajstić information content (AvgIpc) is 3.27. The van der Waals surface area contributed by atoms with Crippen LogP contribution in [0, 0.1) is 29.9 Å². The van der Waals surface area contributed by atoms with Crippen molar-refractivity contribution >= 4 is 27.1 Å². The summed E-state index contributed by atoms with van der Waals surface area (Å²) in [5, 5.41) is 14.8. The number of nitro groups is 1. The SMILES string of the molecule is Cc1cc(C)cc(NS(=O)(=O)c2ccc3c(c2)[C@H]2C=CC[C@H]2[C@@H](c2cccc([N+](=O)[O-])c2)N3)c1. The number of nitro benzene ring substituents is 1. The molecule has 1 aliphatic carbocycles. The predicted molar refractivity (Wildman–Crippen MR) is 133 cm³/mol. The third-order valence-electron chi connectivity index (χ3n) is 6.56. The van der Waals surface area contributed by atoms with Gasteiger partial charge in [0, 0.05) is 29.4 Å². The first-order valence-corrected chi connectivity index (χ1v) is 12.6. The van der Waals surface area contributed by atoms with Gasteiger partial charge in [0.25, 0.3) is 15.7 Å². The second kappa shape index (κ2) is 8.29. The lowest BCUT2D eigenvalue weighted by Gasteiger charge is -2.37. The number of sulfonamides is 1. The number of aryl methyl sites for hydroxylation is 2. The molecule has 0 bridgehead atoms. The highest BCUT2D eigenvalue weighted by atomic mass is 32.2. The van der Waals surface area contributed by atoms with Gasteiger partial charge in [0.15, 0.2) is 0 Å². The van der Waals surface area contributed by atoms with Crippen LogP contribution in [0.3, 0.4) is 0 Å². The van der Waals surface area contributed by atoms with E-state index in [0.717, 1.165) is 34.4 Å². The summed E-state index contributed by atoms with van der Waals surface area (Å²) in [6, 6.07) is 17.3. The lowest BCUT2D eigenvalue weighted by Crippen LogP contribution is -2.29. The summed E-state index contributed by atoms with van der Waals surface area (Å²) >= 11 is 0. The molecule has 0 aromatic heterocycles. The molecule has 8 heteroatoms. The fourth-order valence-corrected chi connectivity index (χ4v) is 6.22. The van der Waals surface area contributed by atoms with Crippen molar-refractivity contribution in [3.05, 3.63) is 105 Å². The Morgan fingerprint density at radius 3 is 2.53 bits per heavy atom. The molecule has 1 aliphatic heterocycles. The quantitative estimate of drug-likeness (QED) is 0.274. The summed E-state index contributed by atoms with van der Waals surface area (Å²) in [6.45, 7) is 3.86. The number of hydrogen-bond donors (Lipinski definition) is 2. The summed E-state index contributed by atoms with van der Waals surface area (Å²) in [5.41, 5.74) is 5.19. The summed E-state index contributed by atoms with van der Waals surface area (Å²) in [6.07, 6.45) is 5.02. The minimum absolute atomic E-state index is 0.0249. The van der Waals surface area contributed by atoms with Crippen LogP contribution in [0.1, 0.15) is 40.6 Å². The van der Waals surface area contributed by atoms with Gasteiger partial charge in [0.1, 0.15) is 0 Å². The number of benzene rings is 3. The van der Waals surface area contributed by atoms with E-state index in [4.69, 9.17) is 0 Å². The predicted octanol–water partition coefficient (Wildman–Crippen LogP) is 5.84. The Kier molecular flexibility index (Phi) is 5.40. The van der Waals surface area contributed by atoms with Crippen molar-refractivity contribution in [2.24, 2.45) is 5.92 Å². The Hall–Kier alpha value is -3.65. The molecule has 3 atom stereocenters. The average molecular weight is 476 g/mol. The van der Waals surface area contributed by atoms with E-state index in [-0.39, 0.29) is 33.4 Å². The van der Waals surface area contributed by atoms with Gasteiger partial charge in [-0.3, -0.25) is 14.8 Å². The number of anilines is 2. The first-order valence-electron chi connectivity index (χ1n) is 11.1. The number of hydrogen-bond acceptors (Lipinski definition) is 5.